The molecule has 0 aliphatic carbocycles. The van der Waals surface area contributed by atoms with E-state index in [-0.39, 0.29) is 16.9 Å². The number of allylic oxidation sites excluding steroid dienone is 1. The highest BCUT2D eigenvalue weighted by atomic mass is 19.1. The van der Waals surface area contributed by atoms with Crippen LogP contribution in [-0.4, -0.2) is 25.5 Å². The number of carbonyl (C=O) groups excluding carboxylic acids is 1. The zero-order valence-electron chi connectivity index (χ0n) is 12.7. The van der Waals surface area contributed by atoms with Crippen LogP contribution in [0.4, 0.5) is 10.1 Å². The van der Waals surface area contributed by atoms with E-state index < -0.39 is 16.5 Å². The first-order valence-corrected chi connectivity index (χ1v) is 7.16. The number of nitrogens with zero attached hydrogens (tertiary/aromatic N) is 4. The summed E-state index contributed by atoms with van der Waals surface area (Å²) in [6.07, 6.45) is 5.35. The molecule has 1 heterocycles. The molecule has 1 aromatic heterocycles. The Labute approximate surface area is 141 Å². The molecule has 0 unspecified atom stereocenters. The summed E-state index contributed by atoms with van der Waals surface area (Å²) in [6, 6.07) is 9.81. The lowest BCUT2D eigenvalue weighted by atomic mass is 10.1. The quantitative estimate of drug-likeness (QED) is 0.308. The van der Waals surface area contributed by atoms with Gasteiger partial charge in [-0.3, -0.25) is 14.9 Å². The fourth-order valence-corrected chi connectivity index (χ4v) is 2.19. The van der Waals surface area contributed by atoms with E-state index in [1.54, 1.807) is 6.07 Å². The van der Waals surface area contributed by atoms with Crippen molar-refractivity contribution in [2.24, 2.45) is 0 Å². The minimum atomic E-state index is -0.571. The summed E-state index contributed by atoms with van der Waals surface area (Å²) < 4.78 is 15.4. The van der Waals surface area contributed by atoms with Gasteiger partial charge in [-0.15, -0.1) is 0 Å². The number of benzene rings is 2. The molecule has 0 amide bonds. The number of non-ortho nitro benzene ring substituents is 1. The summed E-state index contributed by atoms with van der Waals surface area (Å²) in [5.74, 6) is -0.931. The second-order valence-corrected chi connectivity index (χ2v) is 5.06. The number of nitro benzene ring substituents is 1. The maximum absolute atomic E-state index is 14.1. The molecule has 0 spiro atoms. The van der Waals surface area contributed by atoms with Gasteiger partial charge in [0.05, 0.1) is 4.92 Å². The van der Waals surface area contributed by atoms with Crippen molar-refractivity contribution in [2.45, 2.75) is 0 Å². The summed E-state index contributed by atoms with van der Waals surface area (Å²) in [6.45, 7) is 0. The van der Waals surface area contributed by atoms with E-state index in [4.69, 9.17) is 0 Å². The number of aromatic nitrogens is 3. The molecule has 124 valence electrons. The summed E-state index contributed by atoms with van der Waals surface area (Å²) >= 11 is 0. The summed E-state index contributed by atoms with van der Waals surface area (Å²) in [4.78, 5) is 26.0. The van der Waals surface area contributed by atoms with Crippen LogP contribution >= 0.6 is 0 Å². The molecule has 25 heavy (non-hydrogen) atoms. The number of hydrogen-bond donors (Lipinski definition) is 0. The van der Waals surface area contributed by atoms with Crippen LogP contribution in [0.1, 0.15) is 15.9 Å². The van der Waals surface area contributed by atoms with E-state index in [1.165, 1.54) is 65.9 Å². The largest absolute Gasteiger partial charge is 0.289 e. The highest BCUT2D eigenvalue weighted by molar-refractivity contribution is 6.07. The lowest BCUT2D eigenvalue weighted by Crippen LogP contribution is -1.98. The zero-order valence-corrected chi connectivity index (χ0v) is 12.7. The third kappa shape index (κ3) is 3.63. The van der Waals surface area contributed by atoms with Crippen LogP contribution in [0, 0.1) is 15.9 Å². The standard InChI is InChI=1S/C17H11FN4O3/c18-15-8-12(4-6-16(15)21-11-19-10-20-21)5-7-17(23)13-2-1-3-14(9-13)22(24)25/h1-11H/b7-5+. The van der Waals surface area contributed by atoms with E-state index in [2.05, 4.69) is 10.1 Å². The van der Waals surface area contributed by atoms with E-state index in [1.807, 2.05) is 0 Å². The van der Waals surface area contributed by atoms with Crippen molar-refractivity contribution in [3.8, 4) is 5.69 Å². The van der Waals surface area contributed by atoms with Crippen molar-refractivity contribution in [3.63, 3.8) is 0 Å². The Morgan fingerprint density at radius 2 is 2.08 bits per heavy atom. The Morgan fingerprint density at radius 1 is 1.24 bits per heavy atom. The molecule has 8 heteroatoms. The summed E-state index contributed by atoms with van der Waals surface area (Å²) in [5, 5.41) is 14.6. The highest BCUT2D eigenvalue weighted by Crippen LogP contribution is 2.17. The molecule has 0 fully saturated rings. The van der Waals surface area contributed by atoms with Gasteiger partial charge in [-0.2, -0.15) is 5.10 Å². The van der Waals surface area contributed by atoms with E-state index in [0.29, 0.717) is 5.56 Å². The van der Waals surface area contributed by atoms with Crippen molar-refractivity contribution in [1.29, 1.82) is 0 Å². The normalized spacial score (nSPS) is 10.9. The fourth-order valence-electron chi connectivity index (χ4n) is 2.19. The van der Waals surface area contributed by atoms with Crippen LogP contribution < -0.4 is 0 Å². The van der Waals surface area contributed by atoms with Gasteiger partial charge in [0, 0.05) is 17.7 Å². The second-order valence-electron chi connectivity index (χ2n) is 5.06. The first-order valence-electron chi connectivity index (χ1n) is 7.16. The highest BCUT2D eigenvalue weighted by Gasteiger charge is 2.10. The first kappa shape index (κ1) is 16.2. The Hall–Kier alpha value is -3.68. The van der Waals surface area contributed by atoms with Crippen molar-refractivity contribution in [1.82, 2.24) is 14.8 Å². The van der Waals surface area contributed by atoms with Gasteiger partial charge in [-0.05, 0) is 23.8 Å². The van der Waals surface area contributed by atoms with Crippen LogP contribution in [-0.2, 0) is 0 Å². The molecule has 3 rings (SSSR count). The molecule has 0 N–H and O–H groups in total. The maximum Gasteiger partial charge on any atom is 0.270 e. The third-order valence-electron chi connectivity index (χ3n) is 3.41. The van der Waals surface area contributed by atoms with Crippen molar-refractivity contribution < 1.29 is 14.1 Å². The number of hydrogen-bond acceptors (Lipinski definition) is 5. The van der Waals surface area contributed by atoms with Gasteiger partial charge >= 0.3 is 0 Å². The minimum absolute atomic E-state index is 0.164. The second kappa shape index (κ2) is 6.83. The van der Waals surface area contributed by atoms with Gasteiger partial charge in [0.15, 0.2) is 5.78 Å². The molecule has 0 saturated heterocycles. The molecule has 3 aromatic rings. The predicted molar refractivity (Wildman–Crippen MR) is 87.8 cm³/mol. The molecular weight excluding hydrogens is 327 g/mol. The number of rotatable bonds is 5. The molecule has 0 bridgehead atoms. The van der Waals surface area contributed by atoms with Crippen molar-refractivity contribution in [3.05, 3.63) is 88.3 Å². The summed E-state index contributed by atoms with van der Waals surface area (Å²) in [5.41, 5.74) is 0.729. The maximum atomic E-state index is 14.1. The van der Waals surface area contributed by atoms with Crippen LogP contribution in [0.2, 0.25) is 0 Å². The zero-order chi connectivity index (χ0) is 17.8. The first-order chi connectivity index (χ1) is 12.0. The topological polar surface area (TPSA) is 90.9 Å². The molecule has 2 aromatic carbocycles. The smallest absolute Gasteiger partial charge is 0.270 e. The Bertz CT molecular complexity index is 968. The van der Waals surface area contributed by atoms with Crippen LogP contribution in [0.25, 0.3) is 11.8 Å². The number of nitro groups is 1. The number of ketones is 1. The van der Waals surface area contributed by atoms with Crippen LogP contribution in [0.3, 0.4) is 0 Å². The molecule has 0 aliphatic heterocycles. The number of halogens is 1. The van der Waals surface area contributed by atoms with E-state index >= 15 is 0 Å². The molecule has 0 atom stereocenters. The van der Waals surface area contributed by atoms with Crippen molar-refractivity contribution in [2.75, 3.05) is 0 Å². The third-order valence-corrected chi connectivity index (χ3v) is 3.41. The molecule has 0 saturated carbocycles. The Morgan fingerprint density at radius 3 is 2.76 bits per heavy atom. The molecule has 0 aliphatic rings. The number of carbonyl (C=O) groups is 1. The minimum Gasteiger partial charge on any atom is -0.289 e. The monoisotopic (exact) mass is 338 g/mol. The molecular formula is C17H11FN4O3. The van der Waals surface area contributed by atoms with E-state index in [0.717, 1.165) is 0 Å². The van der Waals surface area contributed by atoms with Crippen LogP contribution in [0.5, 0.6) is 0 Å². The van der Waals surface area contributed by atoms with Gasteiger partial charge in [0.2, 0.25) is 0 Å². The SMILES string of the molecule is O=C(/C=C/c1ccc(-n2cncn2)c(F)c1)c1cccc([N+](=O)[O-])c1. The fraction of sp³-hybridized carbons (Fsp3) is 0. The van der Waals surface area contributed by atoms with Gasteiger partial charge in [0.25, 0.3) is 5.69 Å². The van der Waals surface area contributed by atoms with Crippen LogP contribution in [0.15, 0.2) is 61.2 Å². The predicted octanol–water partition coefficient (Wildman–Crippen LogP) is 3.21. The van der Waals surface area contributed by atoms with Gasteiger partial charge in [-0.1, -0.05) is 24.3 Å². The molecule has 7 nitrogen and oxygen atoms in total. The average Bonchev–Trinajstić information content (AvgIpc) is 3.14. The lowest BCUT2D eigenvalue weighted by molar-refractivity contribution is -0.384. The van der Waals surface area contributed by atoms with Gasteiger partial charge < -0.3 is 0 Å². The van der Waals surface area contributed by atoms with E-state index in [9.17, 15) is 19.3 Å². The lowest BCUT2D eigenvalue weighted by Gasteiger charge is -2.03. The Balaban J connectivity index is 1.80. The molecule has 0 radical (unpaired) electrons. The summed E-state index contributed by atoms with van der Waals surface area (Å²) in [7, 11) is 0. The Kier molecular flexibility index (Phi) is 4.42. The average molecular weight is 338 g/mol. The van der Waals surface area contributed by atoms with Gasteiger partial charge in [0.1, 0.15) is 24.2 Å². The van der Waals surface area contributed by atoms with Gasteiger partial charge in [-0.25, -0.2) is 14.1 Å². The van der Waals surface area contributed by atoms with Crippen molar-refractivity contribution >= 4 is 17.5 Å².